The topological polar surface area (TPSA) is 86.7 Å². The molecule has 0 unspecified atom stereocenters. The van der Waals surface area contributed by atoms with E-state index in [0.717, 1.165) is 0 Å². The molecule has 8 heteroatoms. The van der Waals surface area contributed by atoms with Gasteiger partial charge in [0.2, 0.25) is 10.0 Å². The van der Waals surface area contributed by atoms with E-state index in [1.54, 1.807) is 17.0 Å². The molecule has 1 aliphatic heterocycles. The summed E-state index contributed by atoms with van der Waals surface area (Å²) in [5.41, 5.74) is 0. The molecule has 0 radical (unpaired) electrons. The van der Waals surface area contributed by atoms with E-state index in [1.165, 1.54) is 12.1 Å². The number of halogens is 1. The van der Waals surface area contributed by atoms with E-state index in [-0.39, 0.29) is 17.5 Å². The van der Waals surface area contributed by atoms with Gasteiger partial charge in [-0.25, -0.2) is 13.1 Å². The van der Waals surface area contributed by atoms with Gasteiger partial charge in [0.15, 0.2) is 0 Å². The average molecular weight is 333 g/mol. The van der Waals surface area contributed by atoms with Crippen molar-refractivity contribution >= 4 is 27.6 Å². The van der Waals surface area contributed by atoms with Crippen molar-refractivity contribution in [2.45, 2.75) is 23.8 Å². The van der Waals surface area contributed by atoms with Crippen LogP contribution < -0.4 is 4.72 Å². The van der Waals surface area contributed by atoms with Crippen LogP contribution in [0.1, 0.15) is 12.8 Å². The molecule has 0 aromatic heterocycles. The Kier molecular flexibility index (Phi) is 5.21. The average Bonchev–Trinajstić information content (AvgIpc) is 2.40. The largest absolute Gasteiger partial charge is 0.480 e. The summed E-state index contributed by atoms with van der Waals surface area (Å²) in [5.74, 6) is -0.868. The number of benzene rings is 1. The molecule has 0 aliphatic carbocycles. The van der Waals surface area contributed by atoms with Gasteiger partial charge in [-0.3, -0.25) is 9.69 Å². The number of rotatable bonds is 5. The maximum Gasteiger partial charge on any atom is 0.317 e. The first-order valence-corrected chi connectivity index (χ1v) is 8.45. The summed E-state index contributed by atoms with van der Waals surface area (Å²) in [6, 6.07) is 5.92. The number of sulfonamides is 1. The number of hydrogen-bond donors (Lipinski definition) is 2. The van der Waals surface area contributed by atoms with E-state index in [2.05, 4.69) is 4.72 Å². The van der Waals surface area contributed by atoms with Crippen molar-refractivity contribution in [2.24, 2.45) is 0 Å². The van der Waals surface area contributed by atoms with Crippen LogP contribution in [-0.2, 0) is 14.8 Å². The molecule has 116 valence electrons. The quantitative estimate of drug-likeness (QED) is 0.845. The Morgan fingerprint density at radius 1 is 1.38 bits per heavy atom. The van der Waals surface area contributed by atoms with Gasteiger partial charge < -0.3 is 5.11 Å². The van der Waals surface area contributed by atoms with Crippen LogP contribution in [0.3, 0.4) is 0 Å². The van der Waals surface area contributed by atoms with E-state index < -0.39 is 16.0 Å². The van der Waals surface area contributed by atoms with Crippen molar-refractivity contribution in [1.82, 2.24) is 9.62 Å². The van der Waals surface area contributed by atoms with Gasteiger partial charge in [-0.15, -0.1) is 0 Å². The van der Waals surface area contributed by atoms with Crippen LogP contribution >= 0.6 is 11.6 Å². The molecule has 2 rings (SSSR count). The van der Waals surface area contributed by atoms with Crippen molar-refractivity contribution in [3.8, 4) is 0 Å². The lowest BCUT2D eigenvalue weighted by Gasteiger charge is -2.31. The fourth-order valence-corrected chi connectivity index (χ4v) is 3.93. The third-order valence-electron chi connectivity index (χ3n) is 3.37. The minimum atomic E-state index is -3.59. The predicted molar refractivity (Wildman–Crippen MR) is 78.9 cm³/mol. The van der Waals surface area contributed by atoms with Gasteiger partial charge >= 0.3 is 5.97 Å². The Hall–Kier alpha value is -1.15. The summed E-state index contributed by atoms with van der Waals surface area (Å²) < 4.78 is 27.1. The standard InChI is InChI=1S/C13H17ClN2O4S/c14-10-2-1-3-12(8-10)21(19,20)15-11-4-6-16(7-5-11)9-13(17)18/h1-3,8,11,15H,4-7,9H2,(H,17,18). The van der Waals surface area contributed by atoms with Crippen molar-refractivity contribution in [1.29, 1.82) is 0 Å². The molecule has 0 amide bonds. The first-order chi connectivity index (χ1) is 9.87. The Bertz CT molecular complexity index is 612. The Morgan fingerprint density at radius 3 is 2.62 bits per heavy atom. The van der Waals surface area contributed by atoms with Crippen LogP contribution in [0.4, 0.5) is 0 Å². The van der Waals surface area contributed by atoms with E-state index in [0.29, 0.717) is 31.0 Å². The van der Waals surface area contributed by atoms with Gasteiger partial charge in [-0.1, -0.05) is 17.7 Å². The van der Waals surface area contributed by atoms with Crippen molar-refractivity contribution in [3.63, 3.8) is 0 Å². The molecule has 21 heavy (non-hydrogen) atoms. The molecule has 1 heterocycles. The number of piperidine rings is 1. The van der Waals surface area contributed by atoms with Crippen LogP contribution in [-0.4, -0.2) is 50.1 Å². The zero-order valence-electron chi connectivity index (χ0n) is 11.3. The minimum absolute atomic E-state index is 0.00619. The number of hydrogen-bond acceptors (Lipinski definition) is 4. The summed E-state index contributed by atoms with van der Waals surface area (Å²) in [7, 11) is -3.59. The predicted octanol–water partition coefficient (Wildman–Crippen LogP) is 1.17. The molecular weight excluding hydrogens is 316 g/mol. The second kappa shape index (κ2) is 6.74. The van der Waals surface area contributed by atoms with Crippen LogP contribution in [0.2, 0.25) is 5.02 Å². The lowest BCUT2D eigenvalue weighted by Crippen LogP contribution is -2.45. The molecule has 1 aromatic carbocycles. The number of nitrogens with one attached hydrogen (secondary N) is 1. The SMILES string of the molecule is O=C(O)CN1CCC(NS(=O)(=O)c2cccc(Cl)c2)CC1. The maximum absolute atomic E-state index is 12.2. The van der Waals surface area contributed by atoms with Crippen LogP contribution in [0.15, 0.2) is 29.2 Å². The molecular formula is C13H17ClN2O4S. The molecule has 0 spiro atoms. The van der Waals surface area contributed by atoms with Crippen LogP contribution in [0.25, 0.3) is 0 Å². The lowest BCUT2D eigenvalue weighted by atomic mass is 10.1. The Morgan fingerprint density at radius 2 is 2.05 bits per heavy atom. The summed E-state index contributed by atoms with van der Waals surface area (Å²) in [5, 5.41) is 9.10. The first-order valence-electron chi connectivity index (χ1n) is 6.59. The molecule has 0 bridgehead atoms. The van der Waals surface area contributed by atoms with Gasteiger partial charge in [-0.05, 0) is 31.0 Å². The number of aliphatic carboxylic acids is 1. The van der Waals surface area contributed by atoms with Gasteiger partial charge in [0.25, 0.3) is 0 Å². The molecule has 2 N–H and O–H groups in total. The highest BCUT2D eigenvalue weighted by atomic mass is 35.5. The number of carboxylic acid groups (broad SMARTS) is 1. The molecule has 1 fully saturated rings. The number of nitrogens with zero attached hydrogens (tertiary/aromatic N) is 1. The number of carbonyl (C=O) groups is 1. The molecule has 1 saturated heterocycles. The third-order valence-corrected chi connectivity index (χ3v) is 5.13. The third kappa shape index (κ3) is 4.67. The number of likely N-dealkylation sites (tertiary alicyclic amines) is 1. The van der Waals surface area contributed by atoms with Crippen molar-refractivity contribution in [3.05, 3.63) is 29.3 Å². The molecule has 6 nitrogen and oxygen atoms in total. The van der Waals surface area contributed by atoms with Crippen molar-refractivity contribution < 1.29 is 18.3 Å². The first kappa shape index (κ1) is 16.2. The lowest BCUT2D eigenvalue weighted by molar-refractivity contribution is -0.138. The highest BCUT2D eigenvalue weighted by Crippen LogP contribution is 2.18. The van der Waals surface area contributed by atoms with E-state index in [1.807, 2.05) is 0 Å². The zero-order valence-corrected chi connectivity index (χ0v) is 12.9. The van der Waals surface area contributed by atoms with E-state index >= 15 is 0 Å². The highest BCUT2D eigenvalue weighted by molar-refractivity contribution is 7.89. The van der Waals surface area contributed by atoms with Gasteiger partial charge in [0.05, 0.1) is 11.4 Å². The summed E-state index contributed by atoms with van der Waals surface area (Å²) >= 11 is 5.81. The highest BCUT2D eigenvalue weighted by Gasteiger charge is 2.25. The second-order valence-corrected chi connectivity index (χ2v) is 7.17. The normalized spacial score (nSPS) is 17.8. The molecule has 0 saturated carbocycles. The minimum Gasteiger partial charge on any atom is -0.480 e. The van der Waals surface area contributed by atoms with E-state index in [4.69, 9.17) is 16.7 Å². The molecule has 1 aliphatic rings. The van der Waals surface area contributed by atoms with E-state index in [9.17, 15) is 13.2 Å². The Balaban J connectivity index is 1.95. The summed E-state index contributed by atoms with van der Waals surface area (Å²) in [6.45, 7) is 1.12. The number of carboxylic acids is 1. The van der Waals surface area contributed by atoms with Crippen LogP contribution in [0, 0.1) is 0 Å². The maximum atomic E-state index is 12.2. The smallest absolute Gasteiger partial charge is 0.317 e. The fraction of sp³-hybridized carbons (Fsp3) is 0.462. The summed E-state index contributed by atoms with van der Waals surface area (Å²) in [6.07, 6.45) is 1.18. The van der Waals surface area contributed by atoms with Crippen LogP contribution in [0.5, 0.6) is 0 Å². The Labute approximate surface area is 128 Å². The van der Waals surface area contributed by atoms with Crippen molar-refractivity contribution in [2.75, 3.05) is 19.6 Å². The molecule has 0 atom stereocenters. The van der Waals surface area contributed by atoms with Gasteiger partial charge in [-0.2, -0.15) is 0 Å². The second-order valence-electron chi connectivity index (χ2n) is 5.02. The monoisotopic (exact) mass is 332 g/mol. The zero-order chi connectivity index (χ0) is 15.5. The molecule has 1 aromatic rings. The van der Waals surface area contributed by atoms with Gasteiger partial charge in [0, 0.05) is 24.2 Å². The fourth-order valence-electron chi connectivity index (χ4n) is 2.32. The summed E-state index contributed by atoms with van der Waals surface area (Å²) in [4.78, 5) is 12.6. The van der Waals surface area contributed by atoms with Gasteiger partial charge in [0.1, 0.15) is 0 Å².